The van der Waals surface area contributed by atoms with E-state index in [-0.39, 0.29) is 0 Å². The summed E-state index contributed by atoms with van der Waals surface area (Å²) < 4.78 is 13.6. The van der Waals surface area contributed by atoms with Gasteiger partial charge in [-0.1, -0.05) is 17.7 Å². The number of hydrogen-bond donors (Lipinski definition) is 0. The molecule has 1 aromatic rings. The Hall–Kier alpha value is -1.18. The highest BCUT2D eigenvalue weighted by Gasteiger charge is 2.29. The molecule has 0 aromatic heterocycles. The van der Waals surface area contributed by atoms with Gasteiger partial charge in [-0.25, -0.2) is 4.39 Å². The largest absolute Gasteiger partial charge is 0.291 e. The SMILES string of the molecule is Cc1cc(C)c(C(=O)C(C)(C)F)c(C)c1. The van der Waals surface area contributed by atoms with Gasteiger partial charge in [0.2, 0.25) is 0 Å². The molecule has 0 heterocycles. The maximum absolute atomic E-state index is 13.6. The van der Waals surface area contributed by atoms with Gasteiger partial charge < -0.3 is 0 Å². The first-order valence-corrected chi connectivity index (χ1v) is 5.05. The number of carbonyl (C=O) groups is 1. The number of carbonyl (C=O) groups excluding carboxylic acids is 1. The second kappa shape index (κ2) is 3.76. The lowest BCUT2D eigenvalue weighted by atomic mass is 9.90. The van der Waals surface area contributed by atoms with Crippen molar-refractivity contribution in [1.82, 2.24) is 0 Å². The van der Waals surface area contributed by atoms with Gasteiger partial charge in [0, 0.05) is 5.56 Å². The molecule has 1 rings (SSSR count). The van der Waals surface area contributed by atoms with Crippen LogP contribution in [0.15, 0.2) is 12.1 Å². The first kappa shape index (κ1) is 11.9. The Bertz CT molecular complexity index is 376. The molecule has 0 unspecified atom stereocenters. The van der Waals surface area contributed by atoms with E-state index in [1.165, 1.54) is 13.8 Å². The van der Waals surface area contributed by atoms with Crippen molar-refractivity contribution in [3.8, 4) is 0 Å². The summed E-state index contributed by atoms with van der Waals surface area (Å²) in [6.07, 6.45) is 0. The predicted octanol–water partition coefficient (Wildman–Crippen LogP) is 3.54. The van der Waals surface area contributed by atoms with Crippen LogP contribution in [0.3, 0.4) is 0 Å². The highest BCUT2D eigenvalue weighted by molar-refractivity contribution is 6.04. The molecule has 0 aliphatic carbocycles. The van der Waals surface area contributed by atoms with Crippen molar-refractivity contribution >= 4 is 5.78 Å². The van der Waals surface area contributed by atoms with Crippen LogP contribution in [0.5, 0.6) is 0 Å². The minimum absolute atomic E-state index is 0.433. The molecule has 82 valence electrons. The lowest BCUT2D eigenvalue weighted by Crippen LogP contribution is -2.27. The van der Waals surface area contributed by atoms with Crippen LogP contribution in [0.25, 0.3) is 0 Å². The van der Waals surface area contributed by atoms with Gasteiger partial charge in [-0.2, -0.15) is 0 Å². The zero-order valence-corrected chi connectivity index (χ0v) is 9.94. The number of hydrogen-bond acceptors (Lipinski definition) is 1. The molecule has 0 aliphatic rings. The zero-order chi connectivity index (χ0) is 11.8. The zero-order valence-electron chi connectivity index (χ0n) is 9.94. The summed E-state index contributed by atoms with van der Waals surface area (Å²) in [7, 11) is 0. The van der Waals surface area contributed by atoms with Crippen LogP contribution in [-0.2, 0) is 0 Å². The van der Waals surface area contributed by atoms with Crippen LogP contribution in [0.2, 0.25) is 0 Å². The highest BCUT2D eigenvalue weighted by atomic mass is 19.1. The molecule has 0 saturated carbocycles. The number of alkyl halides is 1. The van der Waals surface area contributed by atoms with Crippen molar-refractivity contribution in [1.29, 1.82) is 0 Å². The second-order valence-corrected chi connectivity index (χ2v) is 4.58. The fraction of sp³-hybridized carbons (Fsp3) is 0.462. The monoisotopic (exact) mass is 208 g/mol. The number of halogens is 1. The van der Waals surface area contributed by atoms with Gasteiger partial charge >= 0.3 is 0 Å². The minimum atomic E-state index is -1.80. The molecule has 0 aliphatic heterocycles. The van der Waals surface area contributed by atoms with Gasteiger partial charge in [0.1, 0.15) is 0 Å². The number of benzene rings is 1. The molecule has 15 heavy (non-hydrogen) atoms. The first-order chi connectivity index (χ1) is 6.73. The summed E-state index contributed by atoms with van der Waals surface area (Å²) in [5.41, 5.74) is 1.52. The topological polar surface area (TPSA) is 17.1 Å². The average Bonchev–Trinajstić information content (AvgIpc) is 1.99. The van der Waals surface area contributed by atoms with E-state index in [0.29, 0.717) is 5.56 Å². The van der Waals surface area contributed by atoms with Crippen LogP contribution < -0.4 is 0 Å². The van der Waals surface area contributed by atoms with E-state index in [2.05, 4.69) is 0 Å². The van der Waals surface area contributed by atoms with Crippen LogP contribution in [0.1, 0.15) is 40.9 Å². The fourth-order valence-corrected chi connectivity index (χ4v) is 1.84. The lowest BCUT2D eigenvalue weighted by Gasteiger charge is -2.17. The molecule has 0 saturated heterocycles. The maximum Gasteiger partial charge on any atom is 0.199 e. The van der Waals surface area contributed by atoms with E-state index in [4.69, 9.17) is 0 Å². The number of Topliss-reactive ketones (excluding diaryl/α,β-unsaturated/α-hetero) is 1. The molecule has 0 atom stereocenters. The molecule has 0 fully saturated rings. The molecular formula is C13H17FO. The summed E-state index contributed by atoms with van der Waals surface area (Å²) in [6, 6.07) is 3.82. The maximum atomic E-state index is 13.6. The summed E-state index contributed by atoms with van der Waals surface area (Å²) in [6.45, 7) is 8.26. The van der Waals surface area contributed by atoms with Crippen LogP contribution in [0.4, 0.5) is 4.39 Å². The van der Waals surface area contributed by atoms with Gasteiger partial charge in [0.05, 0.1) is 0 Å². The first-order valence-electron chi connectivity index (χ1n) is 5.05. The van der Waals surface area contributed by atoms with Crippen molar-refractivity contribution in [3.63, 3.8) is 0 Å². The average molecular weight is 208 g/mol. The molecule has 0 bridgehead atoms. The summed E-state index contributed by atoms with van der Waals surface area (Å²) in [5, 5.41) is 0. The smallest absolute Gasteiger partial charge is 0.199 e. The van der Waals surface area contributed by atoms with Crippen molar-refractivity contribution in [2.75, 3.05) is 0 Å². The van der Waals surface area contributed by atoms with Crippen molar-refractivity contribution < 1.29 is 9.18 Å². The van der Waals surface area contributed by atoms with Crippen LogP contribution >= 0.6 is 0 Å². The van der Waals surface area contributed by atoms with E-state index in [0.717, 1.165) is 16.7 Å². The van der Waals surface area contributed by atoms with E-state index < -0.39 is 11.5 Å². The van der Waals surface area contributed by atoms with Crippen LogP contribution in [-0.4, -0.2) is 11.5 Å². The van der Waals surface area contributed by atoms with Gasteiger partial charge in [0.15, 0.2) is 11.5 Å². The van der Waals surface area contributed by atoms with Gasteiger partial charge in [-0.05, 0) is 45.7 Å². The normalized spacial score (nSPS) is 11.6. The second-order valence-electron chi connectivity index (χ2n) is 4.58. The van der Waals surface area contributed by atoms with Crippen molar-refractivity contribution in [3.05, 3.63) is 34.4 Å². The van der Waals surface area contributed by atoms with E-state index in [1.54, 1.807) is 0 Å². The molecule has 1 nitrogen and oxygen atoms in total. The molecule has 0 spiro atoms. The molecule has 0 amide bonds. The summed E-state index contributed by atoms with van der Waals surface area (Å²) in [5.74, 6) is -0.433. The molecule has 1 aromatic carbocycles. The molecule has 0 radical (unpaired) electrons. The number of aryl methyl sites for hydroxylation is 3. The van der Waals surface area contributed by atoms with E-state index in [1.807, 2.05) is 32.9 Å². The Labute approximate surface area is 90.3 Å². The van der Waals surface area contributed by atoms with Crippen molar-refractivity contribution in [2.45, 2.75) is 40.3 Å². The quantitative estimate of drug-likeness (QED) is 0.679. The van der Waals surface area contributed by atoms with Gasteiger partial charge in [-0.3, -0.25) is 4.79 Å². The fourth-order valence-electron chi connectivity index (χ4n) is 1.84. The van der Waals surface area contributed by atoms with E-state index in [9.17, 15) is 9.18 Å². The predicted molar refractivity (Wildman–Crippen MR) is 60.2 cm³/mol. The Morgan fingerprint density at radius 3 is 1.87 bits per heavy atom. The summed E-state index contributed by atoms with van der Waals surface area (Å²) >= 11 is 0. The Morgan fingerprint density at radius 1 is 1.13 bits per heavy atom. The third-order valence-electron chi connectivity index (χ3n) is 2.44. The third kappa shape index (κ3) is 2.44. The number of rotatable bonds is 2. The van der Waals surface area contributed by atoms with E-state index >= 15 is 0 Å². The Morgan fingerprint density at radius 2 is 1.53 bits per heavy atom. The Balaban J connectivity index is 3.33. The van der Waals surface area contributed by atoms with Gasteiger partial charge in [-0.15, -0.1) is 0 Å². The summed E-state index contributed by atoms with van der Waals surface area (Å²) in [4.78, 5) is 11.8. The number of ketones is 1. The highest BCUT2D eigenvalue weighted by Crippen LogP contribution is 2.23. The molecular weight excluding hydrogens is 191 g/mol. The van der Waals surface area contributed by atoms with Crippen LogP contribution in [0, 0.1) is 20.8 Å². The third-order valence-corrected chi connectivity index (χ3v) is 2.44. The minimum Gasteiger partial charge on any atom is -0.291 e. The molecule has 2 heteroatoms. The molecule has 0 N–H and O–H groups in total. The van der Waals surface area contributed by atoms with Gasteiger partial charge in [0.25, 0.3) is 0 Å². The standard InChI is InChI=1S/C13H17FO/c1-8-6-9(2)11(10(3)7-8)12(15)13(4,5)14/h6-7H,1-5H3. The Kier molecular flexibility index (Phi) is 2.98. The lowest BCUT2D eigenvalue weighted by molar-refractivity contribution is 0.0759. The van der Waals surface area contributed by atoms with Crippen molar-refractivity contribution in [2.24, 2.45) is 0 Å².